The molecule has 3 aromatic rings. The lowest BCUT2D eigenvalue weighted by molar-refractivity contribution is 0.354. The van der Waals surface area contributed by atoms with Crippen LogP contribution in [-0.2, 0) is 6.54 Å². The summed E-state index contributed by atoms with van der Waals surface area (Å²) in [5.41, 5.74) is 1.55. The zero-order valence-electron chi connectivity index (χ0n) is 14.7. The number of halogens is 2. The number of anilines is 3. The molecular formula is C18H17ClFN5O2. The van der Waals surface area contributed by atoms with Crippen LogP contribution in [0.1, 0.15) is 5.56 Å². The normalized spacial score (nSPS) is 10.4. The summed E-state index contributed by atoms with van der Waals surface area (Å²) in [5.74, 6) is 1.59. The van der Waals surface area contributed by atoms with Crippen molar-refractivity contribution < 1.29 is 13.9 Å². The van der Waals surface area contributed by atoms with Gasteiger partial charge in [0.2, 0.25) is 5.95 Å². The van der Waals surface area contributed by atoms with Crippen LogP contribution in [0.5, 0.6) is 11.5 Å². The van der Waals surface area contributed by atoms with Gasteiger partial charge in [0.25, 0.3) is 0 Å². The molecule has 0 saturated heterocycles. The Hall–Kier alpha value is -3.13. The largest absolute Gasteiger partial charge is 0.493 e. The molecule has 2 N–H and O–H groups in total. The summed E-state index contributed by atoms with van der Waals surface area (Å²) in [6.45, 7) is 0.466. The number of methoxy groups -OCH3 is 2. The van der Waals surface area contributed by atoms with E-state index in [2.05, 4.69) is 25.8 Å². The Morgan fingerprint density at radius 2 is 1.89 bits per heavy atom. The van der Waals surface area contributed by atoms with E-state index < -0.39 is 5.82 Å². The fraction of sp³-hybridized carbons (Fsp3) is 0.167. The number of hydrogen-bond donors (Lipinski definition) is 2. The van der Waals surface area contributed by atoms with Crippen LogP contribution in [0, 0.1) is 5.82 Å². The van der Waals surface area contributed by atoms with Gasteiger partial charge in [-0.25, -0.2) is 4.39 Å². The van der Waals surface area contributed by atoms with Crippen molar-refractivity contribution in [3.63, 3.8) is 0 Å². The van der Waals surface area contributed by atoms with Crippen LogP contribution in [0.15, 0.2) is 42.6 Å². The molecule has 1 aromatic heterocycles. The summed E-state index contributed by atoms with van der Waals surface area (Å²) in [6.07, 6.45) is 1.46. The first kappa shape index (κ1) is 18.7. The van der Waals surface area contributed by atoms with Gasteiger partial charge in [-0.1, -0.05) is 17.7 Å². The highest BCUT2D eigenvalue weighted by atomic mass is 35.5. The molecule has 0 aliphatic heterocycles. The van der Waals surface area contributed by atoms with E-state index in [1.165, 1.54) is 18.3 Å². The predicted octanol–water partition coefficient (Wildman–Crippen LogP) is 4.04. The third-order valence-corrected chi connectivity index (χ3v) is 3.94. The molecular weight excluding hydrogens is 373 g/mol. The third-order valence-electron chi connectivity index (χ3n) is 3.65. The Morgan fingerprint density at radius 1 is 1.07 bits per heavy atom. The molecule has 27 heavy (non-hydrogen) atoms. The minimum Gasteiger partial charge on any atom is -0.493 e. The lowest BCUT2D eigenvalue weighted by atomic mass is 10.2. The molecule has 0 fully saturated rings. The number of nitrogens with one attached hydrogen (secondary N) is 2. The van der Waals surface area contributed by atoms with Crippen molar-refractivity contribution in [1.29, 1.82) is 0 Å². The van der Waals surface area contributed by atoms with Crippen LogP contribution < -0.4 is 20.1 Å². The van der Waals surface area contributed by atoms with Crippen LogP contribution in [0.4, 0.5) is 21.8 Å². The Morgan fingerprint density at radius 3 is 2.63 bits per heavy atom. The van der Waals surface area contributed by atoms with Gasteiger partial charge in [-0.3, -0.25) is 0 Å². The molecule has 0 radical (unpaired) electrons. The predicted molar refractivity (Wildman–Crippen MR) is 101 cm³/mol. The molecule has 0 saturated carbocycles. The molecule has 3 rings (SSSR count). The van der Waals surface area contributed by atoms with E-state index in [4.69, 9.17) is 21.1 Å². The van der Waals surface area contributed by atoms with Crippen LogP contribution in [0.25, 0.3) is 0 Å². The topological polar surface area (TPSA) is 81.2 Å². The van der Waals surface area contributed by atoms with E-state index in [1.807, 2.05) is 18.2 Å². The molecule has 0 amide bonds. The molecule has 9 heteroatoms. The van der Waals surface area contributed by atoms with Gasteiger partial charge >= 0.3 is 0 Å². The second-order valence-electron chi connectivity index (χ2n) is 5.46. The highest BCUT2D eigenvalue weighted by Crippen LogP contribution is 2.27. The van der Waals surface area contributed by atoms with E-state index in [-0.39, 0.29) is 5.02 Å². The average Bonchev–Trinajstić information content (AvgIpc) is 2.69. The second-order valence-corrected chi connectivity index (χ2v) is 5.87. The molecule has 2 aromatic carbocycles. The quantitative estimate of drug-likeness (QED) is 0.631. The fourth-order valence-electron chi connectivity index (χ4n) is 2.33. The van der Waals surface area contributed by atoms with Crippen LogP contribution in [0.2, 0.25) is 5.02 Å². The first-order chi connectivity index (χ1) is 13.1. The summed E-state index contributed by atoms with van der Waals surface area (Å²) >= 11 is 5.78. The molecule has 7 nitrogen and oxygen atoms in total. The summed E-state index contributed by atoms with van der Waals surface area (Å²) in [7, 11) is 3.17. The standard InChI is InChI=1S/C18H17ClFN5O2/c1-26-15-6-3-11(7-16(15)27-2)9-21-18-24-17(10-22-25-18)23-12-4-5-14(20)13(19)8-12/h3-8,10H,9H2,1-2H3,(H2,21,23,24,25). The van der Waals surface area contributed by atoms with Crippen LogP contribution >= 0.6 is 11.6 Å². The summed E-state index contributed by atoms with van der Waals surface area (Å²) in [5, 5.41) is 14.0. The van der Waals surface area contributed by atoms with Gasteiger partial charge in [-0.15, -0.1) is 5.10 Å². The molecule has 0 aliphatic rings. The minimum atomic E-state index is -0.486. The van der Waals surface area contributed by atoms with Crippen molar-refractivity contribution in [3.8, 4) is 11.5 Å². The molecule has 0 spiro atoms. The Balaban J connectivity index is 1.68. The van der Waals surface area contributed by atoms with E-state index in [0.717, 1.165) is 5.56 Å². The monoisotopic (exact) mass is 389 g/mol. The van der Waals surface area contributed by atoms with Crippen molar-refractivity contribution in [3.05, 3.63) is 59.0 Å². The van der Waals surface area contributed by atoms with Gasteiger partial charge in [-0.2, -0.15) is 10.1 Å². The smallest absolute Gasteiger partial charge is 0.244 e. The first-order valence-corrected chi connectivity index (χ1v) is 8.33. The van der Waals surface area contributed by atoms with Crippen molar-refractivity contribution in [2.24, 2.45) is 0 Å². The SMILES string of the molecule is COc1ccc(CNc2nncc(Nc3ccc(F)c(Cl)c3)n2)cc1OC. The zero-order valence-corrected chi connectivity index (χ0v) is 15.4. The van der Waals surface area contributed by atoms with Gasteiger partial charge in [-0.05, 0) is 35.9 Å². The van der Waals surface area contributed by atoms with Gasteiger partial charge in [0.1, 0.15) is 5.82 Å². The third kappa shape index (κ3) is 4.73. The number of benzene rings is 2. The minimum absolute atomic E-state index is 0.0221. The van der Waals surface area contributed by atoms with Gasteiger partial charge in [0.05, 0.1) is 25.4 Å². The first-order valence-electron chi connectivity index (χ1n) is 7.95. The summed E-state index contributed by atoms with van der Waals surface area (Å²) in [6, 6.07) is 9.89. The van der Waals surface area contributed by atoms with Crippen molar-refractivity contribution in [2.75, 3.05) is 24.9 Å². The van der Waals surface area contributed by atoms with E-state index in [0.29, 0.717) is 35.5 Å². The van der Waals surface area contributed by atoms with E-state index >= 15 is 0 Å². The summed E-state index contributed by atoms with van der Waals surface area (Å²) in [4.78, 5) is 4.32. The van der Waals surface area contributed by atoms with Crippen molar-refractivity contribution >= 4 is 29.1 Å². The maximum atomic E-state index is 13.2. The van der Waals surface area contributed by atoms with Crippen LogP contribution in [-0.4, -0.2) is 29.4 Å². The zero-order chi connectivity index (χ0) is 19.2. The highest BCUT2D eigenvalue weighted by molar-refractivity contribution is 6.31. The van der Waals surface area contributed by atoms with Gasteiger partial charge in [0.15, 0.2) is 17.3 Å². The maximum absolute atomic E-state index is 13.2. The number of ether oxygens (including phenoxy) is 2. The number of rotatable bonds is 7. The van der Waals surface area contributed by atoms with Crippen molar-refractivity contribution in [2.45, 2.75) is 6.54 Å². The molecule has 0 atom stereocenters. The molecule has 0 unspecified atom stereocenters. The number of hydrogen-bond acceptors (Lipinski definition) is 7. The van der Waals surface area contributed by atoms with Gasteiger partial charge in [0, 0.05) is 12.2 Å². The lowest BCUT2D eigenvalue weighted by Crippen LogP contribution is -2.06. The highest BCUT2D eigenvalue weighted by Gasteiger charge is 2.07. The van der Waals surface area contributed by atoms with Gasteiger partial charge < -0.3 is 20.1 Å². The average molecular weight is 390 g/mol. The molecule has 1 heterocycles. The van der Waals surface area contributed by atoms with Crippen molar-refractivity contribution in [1.82, 2.24) is 15.2 Å². The van der Waals surface area contributed by atoms with E-state index in [1.54, 1.807) is 20.3 Å². The maximum Gasteiger partial charge on any atom is 0.244 e. The lowest BCUT2D eigenvalue weighted by Gasteiger charge is -2.11. The fourth-order valence-corrected chi connectivity index (χ4v) is 2.51. The number of nitrogens with zero attached hydrogens (tertiary/aromatic N) is 3. The van der Waals surface area contributed by atoms with E-state index in [9.17, 15) is 4.39 Å². The summed E-state index contributed by atoms with van der Waals surface area (Å²) < 4.78 is 23.7. The second kappa shape index (κ2) is 8.50. The number of aromatic nitrogens is 3. The Labute approximate surface area is 160 Å². The molecule has 140 valence electrons. The Kier molecular flexibility index (Phi) is 5.87. The Bertz CT molecular complexity index is 941. The molecule has 0 bridgehead atoms. The van der Waals surface area contributed by atoms with Crippen LogP contribution in [0.3, 0.4) is 0 Å². The molecule has 0 aliphatic carbocycles.